The molecule has 0 bridgehead atoms. The number of likely N-dealkylation sites (N-methyl/N-ethyl adjacent to an activating group) is 1. The lowest BCUT2D eigenvalue weighted by molar-refractivity contribution is -0.127. The number of piperazine rings is 1. The summed E-state index contributed by atoms with van der Waals surface area (Å²) < 4.78 is 28.9. The van der Waals surface area contributed by atoms with E-state index in [1.54, 1.807) is 41.1 Å². The van der Waals surface area contributed by atoms with Crippen LogP contribution in [0.25, 0.3) is 16.6 Å². The number of ether oxygens (including phenoxy) is 2. The molecule has 0 radical (unpaired) electrons. The van der Waals surface area contributed by atoms with E-state index in [4.69, 9.17) is 9.47 Å². The number of nitrogens with one attached hydrogen (secondary N) is 1. The van der Waals surface area contributed by atoms with Crippen LogP contribution in [0.2, 0.25) is 0 Å². The van der Waals surface area contributed by atoms with Crippen molar-refractivity contribution in [3.05, 3.63) is 79.3 Å². The van der Waals surface area contributed by atoms with Crippen molar-refractivity contribution in [1.82, 2.24) is 34.4 Å². The van der Waals surface area contributed by atoms with Crippen molar-refractivity contribution >= 4 is 39.6 Å². The molecular weight excluding hydrogens is 565 g/mol. The predicted octanol–water partition coefficient (Wildman–Crippen LogP) is 3.87. The van der Waals surface area contributed by atoms with E-state index in [1.165, 1.54) is 18.7 Å². The van der Waals surface area contributed by atoms with E-state index in [0.29, 0.717) is 72.3 Å². The van der Waals surface area contributed by atoms with Crippen LogP contribution in [0.5, 0.6) is 17.2 Å². The van der Waals surface area contributed by atoms with Gasteiger partial charge < -0.3 is 29.5 Å². The number of anilines is 3. The summed E-state index contributed by atoms with van der Waals surface area (Å²) in [6, 6.07) is 12.0. The van der Waals surface area contributed by atoms with E-state index < -0.39 is 5.82 Å². The highest BCUT2D eigenvalue weighted by molar-refractivity contribution is 6.00. The predicted molar refractivity (Wildman–Crippen MR) is 163 cm³/mol. The van der Waals surface area contributed by atoms with Gasteiger partial charge in [-0.15, -0.1) is 0 Å². The van der Waals surface area contributed by atoms with Gasteiger partial charge in [0.1, 0.15) is 30.8 Å². The van der Waals surface area contributed by atoms with Crippen molar-refractivity contribution in [2.24, 2.45) is 0 Å². The summed E-state index contributed by atoms with van der Waals surface area (Å²) in [5.74, 6) is 1.15. The van der Waals surface area contributed by atoms with E-state index in [0.717, 1.165) is 5.69 Å². The van der Waals surface area contributed by atoms with Gasteiger partial charge in [0.05, 0.1) is 22.6 Å². The summed E-state index contributed by atoms with van der Waals surface area (Å²) in [6.07, 6.45) is 8.13. The molecule has 3 aromatic heterocycles. The number of fused-ring (bicyclic) bond motifs is 6. The van der Waals surface area contributed by atoms with E-state index >= 15 is 4.39 Å². The number of benzene rings is 2. The highest BCUT2D eigenvalue weighted by atomic mass is 19.1. The Morgan fingerprint density at radius 2 is 2.05 bits per heavy atom. The summed E-state index contributed by atoms with van der Waals surface area (Å²) in [6.45, 7) is 2.97. The van der Waals surface area contributed by atoms with Crippen molar-refractivity contribution in [3.63, 3.8) is 0 Å². The first-order valence-electron chi connectivity index (χ1n) is 14.2. The number of hydrogen-bond donors (Lipinski definition) is 1. The second kappa shape index (κ2) is 11.4. The molecule has 1 fully saturated rings. The third-order valence-corrected chi connectivity index (χ3v) is 7.66. The first-order chi connectivity index (χ1) is 21.4. The van der Waals surface area contributed by atoms with Gasteiger partial charge in [-0.1, -0.05) is 6.08 Å². The average molecular weight is 596 g/mol. The molecule has 2 aliphatic heterocycles. The minimum absolute atomic E-state index is 0.00994. The molecule has 12 nitrogen and oxygen atoms in total. The minimum atomic E-state index is -0.542. The monoisotopic (exact) mass is 595 g/mol. The number of rotatable bonds is 7. The van der Waals surface area contributed by atoms with E-state index in [-0.39, 0.29) is 17.7 Å². The van der Waals surface area contributed by atoms with Gasteiger partial charge in [-0.05, 0) is 44.4 Å². The van der Waals surface area contributed by atoms with Crippen LogP contribution < -0.4 is 19.7 Å². The molecule has 1 amide bonds. The lowest BCUT2D eigenvalue weighted by Gasteiger charge is -2.45. The van der Waals surface area contributed by atoms with Crippen LogP contribution >= 0.6 is 0 Å². The second-order valence-corrected chi connectivity index (χ2v) is 10.9. The van der Waals surface area contributed by atoms with Gasteiger partial charge in [0.25, 0.3) is 0 Å². The summed E-state index contributed by atoms with van der Waals surface area (Å²) in [5, 5.41) is 8.00. The highest BCUT2D eigenvalue weighted by Crippen LogP contribution is 2.43. The molecule has 2 aliphatic rings. The Labute approximate surface area is 252 Å². The van der Waals surface area contributed by atoms with Crippen LogP contribution in [0.15, 0.2) is 73.5 Å². The molecule has 1 atom stereocenters. The van der Waals surface area contributed by atoms with E-state index in [9.17, 15) is 4.79 Å². The molecule has 44 heavy (non-hydrogen) atoms. The van der Waals surface area contributed by atoms with Crippen LogP contribution in [0.1, 0.15) is 0 Å². The van der Waals surface area contributed by atoms with Crippen molar-refractivity contribution in [1.29, 1.82) is 0 Å². The molecule has 1 N–H and O–H groups in total. The standard InChI is InChI=1S/C31H30FN9O3/c1-38(2)10-3-4-28(42)39-12-13-40-21(16-39)17-43-30-25(40)7-6-24-29(30)31(35-18-33-24)37-20-5-8-26(23(32)14-20)44-22-9-11-41-27(15-22)34-19-36-41/h3-9,11,14-15,18-19,21H,10,12-13,16-17H2,1-2H3,(H,33,35,37)/b4-3+/t21-/m1/s1. The number of halogens is 1. The average Bonchev–Trinajstić information content (AvgIpc) is 3.49. The Kier molecular flexibility index (Phi) is 7.14. The zero-order valence-corrected chi connectivity index (χ0v) is 24.2. The maximum Gasteiger partial charge on any atom is 0.246 e. The number of nitrogens with zero attached hydrogens (tertiary/aromatic N) is 8. The van der Waals surface area contributed by atoms with Gasteiger partial charge in [-0.25, -0.2) is 23.9 Å². The molecule has 0 aliphatic carbocycles. The van der Waals surface area contributed by atoms with Crippen molar-refractivity contribution < 1.29 is 18.7 Å². The molecule has 5 aromatic rings. The highest BCUT2D eigenvalue weighted by Gasteiger charge is 2.35. The number of carbonyl (C=O) groups is 1. The Hall–Kier alpha value is -5.30. The quantitative estimate of drug-likeness (QED) is 0.278. The van der Waals surface area contributed by atoms with Gasteiger partial charge in [0.2, 0.25) is 5.91 Å². The molecular formula is C31H30FN9O3. The van der Waals surface area contributed by atoms with Gasteiger partial charge in [0, 0.05) is 56.3 Å². The number of hydrogen-bond acceptors (Lipinski definition) is 10. The second-order valence-electron chi connectivity index (χ2n) is 10.9. The minimum Gasteiger partial charge on any atom is -0.488 e. The Bertz CT molecular complexity index is 1890. The Morgan fingerprint density at radius 1 is 1.14 bits per heavy atom. The first-order valence-corrected chi connectivity index (χ1v) is 14.2. The summed E-state index contributed by atoms with van der Waals surface area (Å²) >= 11 is 0. The first kappa shape index (κ1) is 27.5. The summed E-state index contributed by atoms with van der Waals surface area (Å²) in [4.78, 5) is 32.0. The largest absolute Gasteiger partial charge is 0.488 e. The molecule has 5 heterocycles. The van der Waals surface area contributed by atoms with E-state index in [2.05, 4.69) is 30.3 Å². The fourth-order valence-electron chi connectivity index (χ4n) is 5.53. The van der Waals surface area contributed by atoms with Crippen LogP contribution in [-0.4, -0.2) is 93.2 Å². The van der Waals surface area contributed by atoms with Crippen LogP contribution in [-0.2, 0) is 4.79 Å². The maximum atomic E-state index is 15.2. The fraction of sp³-hybridized carbons (Fsp3) is 0.258. The molecule has 13 heteroatoms. The van der Waals surface area contributed by atoms with E-state index in [1.807, 2.05) is 42.1 Å². The van der Waals surface area contributed by atoms with Gasteiger partial charge in [-0.3, -0.25) is 4.79 Å². The molecule has 0 unspecified atom stereocenters. The van der Waals surface area contributed by atoms with Crippen molar-refractivity contribution in [3.8, 4) is 17.2 Å². The van der Waals surface area contributed by atoms with Gasteiger partial charge in [-0.2, -0.15) is 5.10 Å². The zero-order chi connectivity index (χ0) is 30.2. The third-order valence-electron chi connectivity index (χ3n) is 7.66. The lowest BCUT2D eigenvalue weighted by Crippen LogP contribution is -2.58. The summed E-state index contributed by atoms with van der Waals surface area (Å²) in [5.41, 5.74) is 2.70. The molecule has 1 saturated heterocycles. The van der Waals surface area contributed by atoms with Crippen LogP contribution in [0.3, 0.4) is 0 Å². The van der Waals surface area contributed by atoms with Crippen molar-refractivity contribution in [2.75, 3.05) is 57.1 Å². The SMILES string of the molecule is CN(C)C/C=C/C(=O)N1CCN2c3ccc4ncnc(Nc5ccc(Oc6ccn7ncnc7c6)c(F)c5)c4c3OC[C@H]2C1. The lowest BCUT2D eigenvalue weighted by atomic mass is 10.1. The molecule has 224 valence electrons. The Balaban J connectivity index is 1.11. The van der Waals surface area contributed by atoms with Crippen LogP contribution in [0.4, 0.5) is 21.6 Å². The summed E-state index contributed by atoms with van der Waals surface area (Å²) in [7, 11) is 3.93. The number of aromatic nitrogens is 5. The van der Waals surface area contributed by atoms with Crippen molar-refractivity contribution in [2.45, 2.75) is 6.04 Å². The van der Waals surface area contributed by atoms with Crippen LogP contribution in [0, 0.1) is 5.82 Å². The normalized spacial score (nSPS) is 16.3. The molecule has 0 saturated carbocycles. The maximum absolute atomic E-state index is 15.2. The number of amides is 1. The molecule has 0 spiro atoms. The molecule has 2 aromatic carbocycles. The number of carbonyl (C=O) groups excluding carboxylic acids is 1. The number of pyridine rings is 1. The third kappa shape index (κ3) is 5.33. The molecule has 7 rings (SSSR count). The Morgan fingerprint density at radius 3 is 2.91 bits per heavy atom. The smallest absolute Gasteiger partial charge is 0.246 e. The van der Waals surface area contributed by atoms with Gasteiger partial charge >= 0.3 is 0 Å². The fourth-order valence-corrected chi connectivity index (χ4v) is 5.53. The topological polar surface area (TPSA) is 113 Å². The zero-order valence-electron chi connectivity index (χ0n) is 24.2. The van der Waals surface area contributed by atoms with Gasteiger partial charge in [0.15, 0.2) is 23.0 Å².